The van der Waals surface area contributed by atoms with Crippen LogP contribution in [0.1, 0.15) is 63.5 Å². The third kappa shape index (κ3) is 6.10. The number of hydrogen-bond donors (Lipinski definition) is 2. The number of amides is 1. The Morgan fingerprint density at radius 2 is 1.96 bits per heavy atom. The van der Waals surface area contributed by atoms with Gasteiger partial charge in [0.05, 0.1) is 23.6 Å². The van der Waals surface area contributed by atoms with E-state index in [-0.39, 0.29) is 29.4 Å². The smallest absolute Gasteiger partial charge is 0.296 e. The normalized spacial score (nSPS) is 17.4. The summed E-state index contributed by atoms with van der Waals surface area (Å²) in [4.78, 5) is 28.9. The van der Waals surface area contributed by atoms with E-state index in [1.54, 1.807) is 6.92 Å². The first-order valence-corrected chi connectivity index (χ1v) is 10.9. The van der Waals surface area contributed by atoms with E-state index in [1.165, 1.54) is 0 Å². The fourth-order valence-corrected chi connectivity index (χ4v) is 4.36. The molecule has 0 spiro atoms. The SMILES string of the molecule is CC[C@H](NC(=O)[C@@H](N)CS(=O)(=O)CC1CC1)C(=O)c1nc(C(C)(C)C)no1. The van der Waals surface area contributed by atoms with E-state index in [2.05, 4.69) is 15.5 Å². The molecule has 0 radical (unpaired) electrons. The minimum absolute atomic E-state index is 0.0572. The predicted octanol–water partition coefficient (Wildman–Crippen LogP) is 0.597. The summed E-state index contributed by atoms with van der Waals surface area (Å²) in [6.07, 6.45) is 2.07. The summed E-state index contributed by atoms with van der Waals surface area (Å²) in [5.74, 6) is -1.22. The van der Waals surface area contributed by atoms with Crippen LogP contribution in [-0.4, -0.2) is 53.8 Å². The molecule has 1 aromatic rings. The Bertz CT molecular complexity index is 792. The lowest BCUT2D eigenvalue weighted by atomic mass is 9.96. The van der Waals surface area contributed by atoms with E-state index in [4.69, 9.17) is 10.3 Å². The molecule has 1 fully saturated rings. The molecule has 9 nitrogen and oxygen atoms in total. The Morgan fingerprint density at radius 1 is 1.33 bits per heavy atom. The van der Waals surface area contributed by atoms with Gasteiger partial charge in [-0.2, -0.15) is 4.98 Å². The van der Waals surface area contributed by atoms with Crippen LogP contribution in [0.5, 0.6) is 0 Å². The van der Waals surface area contributed by atoms with Crippen molar-refractivity contribution >= 4 is 21.5 Å². The first-order valence-electron chi connectivity index (χ1n) is 9.07. The molecule has 2 atom stereocenters. The average molecular weight is 401 g/mol. The monoisotopic (exact) mass is 400 g/mol. The summed E-state index contributed by atoms with van der Waals surface area (Å²) in [5, 5.41) is 6.30. The Labute approximate surface area is 159 Å². The summed E-state index contributed by atoms with van der Waals surface area (Å²) in [7, 11) is -3.40. The highest BCUT2D eigenvalue weighted by Gasteiger charge is 2.33. The van der Waals surface area contributed by atoms with Crippen LogP contribution < -0.4 is 11.1 Å². The van der Waals surface area contributed by atoms with Crippen molar-refractivity contribution in [3.05, 3.63) is 11.7 Å². The number of Topliss-reactive ketones (excluding diaryl/α,β-unsaturated/α-hetero) is 1. The van der Waals surface area contributed by atoms with Gasteiger partial charge in [-0.05, 0) is 25.2 Å². The highest BCUT2D eigenvalue weighted by molar-refractivity contribution is 7.91. The van der Waals surface area contributed by atoms with E-state index in [1.807, 2.05) is 20.8 Å². The lowest BCUT2D eigenvalue weighted by Gasteiger charge is -2.17. The molecule has 152 valence electrons. The van der Waals surface area contributed by atoms with E-state index in [0.29, 0.717) is 5.82 Å². The van der Waals surface area contributed by atoms with E-state index in [0.717, 1.165) is 12.8 Å². The number of ketones is 1. The molecule has 1 aromatic heterocycles. The molecule has 0 saturated heterocycles. The highest BCUT2D eigenvalue weighted by Crippen LogP contribution is 2.30. The van der Waals surface area contributed by atoms with Crippen molar-refractivity contribution in [2.75, 3.05) is 11.5 Å². The molecule has 1 aliphatic carbocycles. The van der Waals surface area contributed by atoms with Gasteiger partial charge in [-0.3, -0.25) is 9.59 Å². The third-order valence-electron chi connectivity index (χ3n) is 4.31. The minimum atomic E-state index is -3.40. The highest BCUT2D eigenvalue weighted by atomic mass is 32.2. The molecule has 0 unspecified atom stereocenters. The largest absolute Gasteiger partial charge is 0.344 e. The number of rotatable bonds is 9. The molecule has 10 heteroatoms. The molecular formula is C17H28N4O5S. The number of aromatic nitrogens is 2. The van der Waals surface area contributed by atoms with Gasteiger partial charge in [0.2, 0.25) is 11.7 Å². The molecule has 0 aromatic carbocycles. The van der Waals surface area contributed by atoms with Gasteiger partial charge in [-0.15, -0.1) is 0 Å². The van der Waals surface area contributed by atoms with Crippen LogP contribution in [0.4, 0.5) is 0 Å². The second-order valence-electron chi connectivity index (χ2n) is 8.13. The van der Waals surface area contributed by atoms with Gasteiger partial charge in [0.25, 0.3) is 5.89 Å². The Kier molecular flexibility index (Phi) is 6.41. The number of carbonyl (C=O) groups is 2. The van der Waals surface area contributed by atoms with Gasteiger partial charge in [0, 0.05) is 5.41 Å². The lowest BCUT2D eigenvalue weighted by molar-refractivity contribution is -0.122. The van der Waals surface area contributed by atoms with E-state index in [9.17, 15) is 18.0 Å². The number of carbonyl (C=O) groups excluding carboxylic acids is 2. The Balaban J connectivity index is 1.99. The number of sulfone groups is 1. The molecule has 1 aliphatic rings. The van der Waals surface area contributed by atoms with Crippen LogP contribution >= 0.6 is 0 Å². The first-order chi connectivity index (χ1) is 12.4. The molecule has 0 aliphatic heterocycles. The topological polar surface area (TPSA) is 145 Å². The maximum Gasteiger partial charge on any atom is 0.296 e. The minimum Gasteiger partial charge on any atom is -0.344 e. The van der Waals surface area contributed by atoms with Gasteiger partial charge in [0.1, 0.15) is 0 Å². The molecule has 1 amide bonds. The quantitative estimate of drug-likeness (QED) is 0.573. The van der Waals surface area contributed by atoms with Crippen molar-refractivity contribution < 1.29 is 22.5 Å². The van der Waals surface area contributed by atoms with Crippen LogP contribution in [0.3, 0.4) is 0 Å². The second-order valence-corrected chi connectivity index (χ2v) is 10.3. The zero-order valence-electron chi connectivity index (χ0n) is 16.2. The zero-order valence-corrected chi connectivity index (χ0v) is 17.0. The summed E-state index contributed by atoms with van der Waals surface area (Å²) in [5.41, 5.74) is 5.36. The fraction of sp³-hybridized carbons (Fsp3) is 0.765. The number of hydrogen-bond acceptors (Lipinski definition) is 8. The number of nitrogens with zero attached hydrogens (tertiary/aromatic N) is 2. The van der Waals surface area contributed by atoms with Crippen LogP contribution in [0, 0.1) is 5.92 Å². The van der Waals surface area contributed by atoms with Gasteiger partial charge >= 0.3 is 0 Å². The first kappa shape index (κ1) is 21.5. The predicted molar refractivity (Wildman–Crippen MR) is 98.9 cm³/mol. The average Bonchev–Trinajstić information content (AvgIpc) is 3.19. The molecule has 2 rings (SSSR count). The summed E-state index contributed by atoms with van der Waals surface area (Å²) < 4.78 is 29.1. The Hall–Kier alpha value is -1.81. The maximum atomic E-state index is 12.5. The van der Waals surface area contributed by atoms with E-state index < -0.39 is 39.4 Å². The van der Waals surface area contributed by atoms with Crippen molar-refractivity contribution in [1.82, 2.24) is 15.5 Å². The molecule has 1 saturated carbocycles. The van der Waals surface area contributed by atoms with Crippen LogP contribution in [0.2, 0.25) is 0 Å². The second kappa shape index (κ2) is 8.05. The van der Waals surface area contributed by atoms with Crippen molar-refractivity contribution in [2.45, 2.75) is 64.5 Å². The van der Waals surface area contributed by atoms with Crippen molar-refractivity contribution in [1.29, 1.82) is 0 Å². The van der Waals surface area contributed by atoms with E-state index >= 15 is 0 Å². The molecule has 1 heterocycles. The third-order valence-corrected chi connectivity index (χ3v) is 6.15. The number of nitrogens with two attached hydrogens (primary N) is 1. The van der Waals surface area contributed by atoms with Crippen molar-refractivity contribution in [2.24, 2.45) is 11.7 Å². The number of nitrogens with one attached hydrogen (secondary N) is 1. The van der Waals surface area contributed by atoms with Crippen LogP contribution in [-0.2, 0) is 20.0 Å². The summed E-state index contributed by atoms with van der Waals surface area (Å²) in [6.45, 7) is 7.35. The molecule has 3 N–H and O–H groups in total. The molecular weight excluding hydrogens is 372 g/mol. The molecule has 27 heavy (non-hydrogen) atoms. The Morgan fingerprint density at radius 3 is 2.44 bits per heavy atom. The standard InChI is InChI=1S/C17H28N4O5S/c1-5-12(13(22)15-20-16(21-26-15)17(2,3)4)19-14(23)11(18)9-27(24,25)8-10-6-7-10/h10-12H,5-9,18H2,1-4H3,(H,19,23)/t11-,12-/m0/s1. The van der Waals surface area contributed by atoms with Crippen molar-refractivity contribution in [3.63, 3.8) is 0 Å². The van der Waals surface area contributed by atoms with Crippen LogP contribution in [0.15, 0.2) is 4.52 Å². The fourth-order valence-electron chi connectivity index (χ4n) is 2.47. The van der Waals surface area contributed by atoms with Gasteiger partial charge < -0.3 is 15.6 Å². The van der Waals surface area contributed by atoms with Crippen LogP contribution in [0.25, 0.3) is 0 Å². The van der Waals surface area contributed by atoms with Gasteiger partial charge in [-0.1, -0.05) is 32.9 Å². The van der Waals surface area contributed by atoms with Gasteiger partial charge in [0.15, 0.2) is 15.7 Å². The maximum absolute atomic E-state index is 12.5. The molecule has 0 bridgehead atoms. The van der Waals surface area contributed by atoms with Crippen molar-refractivity contribution in [3.8, 4) is 0 Å². The summed E-state index contributed by atoms with van der Waals surface area (Å²) >= 11 is 0. The zero-order chi connectivity index (χ0) is 20.4. The summed E-state index contributed by atoms with van der Waals surface area (Å²) in [6, 6.07) is -2.15. The lowest BCUT2D eigenvalue weighted by Crippen LogP contribution is -2.50. The van der Waals surface area contributed by atoms with Gasteiger partial charge in [-0.25, -0.2) is 8.42 Å².